The van der Waals surface area contributed by atoms with Gasteiger partial charge in [-0.05, 0) is 31.0 Å². The first-order valence-corrected chi connectivity index (χ1v) is 7.72. The number of hydrogen-bond donors (Lipinski definition) is 1. The number of halogens is 1. The molecular formula is C14H17BrN2S. The molecule has 0 radical (unpaired) electrons. The SMILES string of the molecule is CCc1ncc(CN[C@@H](C)c2cccc(Br)c2)s1. The summed E-state index contributed by atoms with van der Waals surface area (Å²) in [5.74, 6) is 0. The molecule has 96 valence electrons. The van der Waals surface area contributed by atoms with Crippen molar-refractivity contribution in [1.82, 2.24) is 10.3 Å². The van der Waals surface area contributed by atoms with Gasteiger partial charge in [0.15, 0.2) is 0 Å². The third-order valence-corrected chi connectivity index (χ3v) is 4.47. The summed E-state index contributed by atoms with van der Waals surface area (Å²) < 4.78 is 1.12. The standard InChI is InChI=1S/C14H17BrN2S/c1-3-14-17-9-13(18-14)8-16-10(2)11-5-4-6-12(15)7-11/h4-7,9-10,16H,3,8H2,1-2H3/t10-/m0/s1. The Balaban J connectivity index is 1.93. The fourth-order valence-electron chi connectivity index (χ4n) is 1.74. The largest absolute Gasteiger partial charge is 0.305 e. The Morgan fingerprint density at radius 3 is 2.94 bits per heavy atom. The van der Waals surface area contributed by atoms with E-state index in [0.717, 1.165) is 17.4 Å². The second-order valence-corrected chi connectivity index (χ2v) is 6.35. The van der Waals surface area contributed by atoms with Gasteiger partial charge < -0.3 is 5.32 Å². The molecule has 0 saturated heterocycles. The van der Waals surface area contributed by atoms with Crippen LogP contribution in [0.1, 0.15) is 35.3 Å². The van der Waals surface area contributed by atoms with Crippen molar-refractivity contribution in [2.24, 2.45) is 0 Å². The summed E-state index contributed by atoms with van der Waals surface area (Å²) in [7, 11) is 0. The van der Waals surface area contributed by atoms with Crippen LogP contribution in [0.5, 0.6) is 0 Å². The van der Waals surface area contributed by atoms with E-state index in [1.54, 1.807) is 11.3 Å². The highest BCUT2D eigenvalue weighted by atomic mass is 79.9. The Morgan fingerprint density at radius 1 is 1.44 bits per heavy atom. The molecule has 0 amide bonds. The second kappa shape index (κ2) is 6.45. The van der Waals surface area contributed by atoms with Gasteiger partial charge in [0.1, 0.15) is 0 Å². The number of nitrogens with one attached hydrogen (secondary N) is 1. The molecule has 0 aliphatic heterocycles. The molecule has 4 heteroatoms. The van der Waals surface area contributed by atoms with Crippen molar-refractivity contribution < 1.29 is 0 Å². The molecule has 1 atom stereocenters. The Kier molecular flexibility index (Phi) is 4.92. The van der Waals surface area contributed by atoms with E-state index in [0.29, 0.717) is 6.04 Å². The van der Waals surface area contributed by atoms with Gasteiger partial charge in [-0.15, -0.1) is 11.3 Å². The molecule has 0 aliphatic rings. The summed E-state index contributed by atoms with van der Waals surface area (Å²) in [5, 5.41) is 4.74. The Labute approximate surface area is 121 Å². The van der Waals surface area contributed by atoms with Crippen molar-refractivity contribution in [2.45, 2.75) is 32.9 Å². The van der Waals surface area contributed by atoms with Crippen molar-refractivity contribution in [3.05, 3.63) is 50.4 Å². The van der Waals surface area contributed by atoms with Crippen LogP contribution in [0.25, 0.3) is 0 Å². The highest BCUT2D eigenvalue weighted by molar-refractivity contribution is 9.10. The number of benzene rings is 1. The van der Waals surface area contributed by atoms with Gasteiger partial charge in [-0.25, -0.2) is 4.98 Å². The van der Waals surface area contributed by atoms with E-state index >= 15 is 0 Å². The van der Waals surface area contributed by atoms with Crippen molar-refractivity contribution in [3.8, 4) is 0 Å². The molecular weight excluding hydrogens is 308 g/mol. The van der Waals surface area contributed by atoms with E-state index in [4.69, 9.17) is 0 Å². The molecule has 0 spiro atoms. The van der Waals surface area contributed by atoms with Gasteiger partial charge >= 0.3 is 0 Å². The van der Waals surface area contributed by atoms with Gasteiger partial charge in [-0.2, -0.15) is 0 Å². The first-order valence-electron chi connectivity index (χ1n) is 6.11. The van der Waals surface area contributed by atoms with Crippen LogP contribution in [-0.2, 0) is 13.0 Å². The van der Waals surface area contributed by atoms with Crippen LogP contribution in [0.15, 0.2) is 34.9 Å². The first kappa shape index (κ1) is 13.7. The normalized spacial score (nSPS) is 12.6. The quantitative estimate of drug-likeness (QED) is 0.886. The van der Waals surface area contributed by atoms with E-state index in [9.17, 15) is 0 Å². The number of nitrogens with zero attached hydrogens (tertiary/aromatic N) is 1. The van der Waals surface area contributed by atoms with Crippen molar-refractivity contribution >= 4 is 27.3 Å². The number of thiazole rings is 1. The van der Waals surface area contributed by atoms with Crippen molar-refractivity contribution in [3.63, 3.8) is 0 Å². The van der Waals surface area contributed by atoms with Gasteiger partial charge in [0.2, 0.25) is 0 Å². The van der Waals surface area contributed by atoms with Crippen LogP contribution < -0.4 is 5.32 Å². The average molecular weight is 325 g/mol. The van der Waals surface area contributed by atoms with Crippen LogP contribution in [-0.4, -0.2) is 4.98 Å². The topological polar surface area (TPSA) is 24.9 Å². The van der Waals surface area contributed by atoms with Crippen molar-refractivity contribution in [1.29, 1.82) is 0 Å². The predicted molar refractivity (Wildman–Crippen MR) is 80.9 cm³/mol. The molecule has 18 heavy (non-hydrogen) atoms. The van der Waals surface area contributed by atoms with E-state index in [1.165, 1.54) is 15.4 Å². The minimum absolute atomic E-state index is 0.342. The summed E-state index contributed by atoms with van der Waals surface area (Å²) in [6, 6.07) is 8.76. The Morgan fingerprint density at radius 2 is 2.28 bits per heavy atom. The average Bonchev–Trinajstić information content (AvgIpc) is 2.84. The monoisotopic (exact) mass is 324 g/mol. The molecule has 1 aromatic carbocycles. The zero-order chi connectivity index (χ0) is 13.0. The molecule has 0 bridgehead atoms. The van der Waals surface area contributed by atoms with Gasteiger partial charge in [0.25, 0.3) is 0 Å². The lowest BCUT2D eigenvalue weighted by molar-refractivity contribution is 0.578. The summed E-state index contributed by atoms with van der Waals surface area (Å²) in [5.41, 5.74) is 1.30. The van der Waals surface area contributed by atoms with Gasteiger partial charge in [-0.1, -0.05) is 35.0 Å². The Hall–Kier alpha value is -0.710. The molecule has 1 N–H and O–H groups in total. The third kappa shape index (κ3) is 3.64. The zero-order valence-corrected chi connectivity index (χ0v) is 13.0. The molecule has 0 unspecified atom stereocenters. The predicted octanol–water partition coefficient (Wildman–Crippen LogP) is 4.32. The molecule has 0 saturated carbocycles. The summed E-state index contributed by atoms with van der Waals surface area (Å²) in [6.07, 6.45) is 3.00. The van der Waals surface area contributed by atoms with Crippen LogP contribution in [0.4, 0.5) is 0 Å². The molecule has 1 aromatic heterocycles. The van der Waals surface area contributed by atoms with Crippen LogP contribution in [0.2, 0.25) is 0 Å². The lowest BCUT2D eigenvalue weighted by atomic mass is 10.1. The maximum absolute atomic E-state index is 4.37. The first-order chi connectivity index (χ1) is 8.69. The van der Waals surface area contributed by atoms with Crippen LogP contribution >= 0.6 is 27.3 Å². The molecule has 2 aromatic rings. The smallest absolute Gasteiger partial charge is 0.0925 e. The molecule has 2 nitrogen and oxygen atoms in total. The molecule has 1 heterocycles. The highest BCUT2D eigenvalue weighted by Crippen LogP contribution is 2.19. The molecule has 2 rings (SSSR count). The number of aromatic nitrogens is 1. The van der Waals surface area contributed by atoms with Crippen LogP contribution in [0, 0.1) is 0 Å². The molecule has 0 aliphatic carbocycles. The minimum Gasteiger partial charge on any atom is -0.305 e. The number of rotatable bonds is 5. The fraction of sp³-hybridized carbons (Fsp3) is 0.357. The maximum atomic E-state index is 4.37. The second-order valence-electron chi connectivity index (χ2n) is 4.23. The lowest BCUT2D eigenvalue weighted by Crippen LogP contribution is -2.17. The van der Waals surface area contributed by atoms with Crippen molar-refractivity contribution in [2.75, 3.05) is 0 Å². The van der Waals surface area contributed by atoms with E-state index in [2.05, 4.69) is 58.3 Å². The third-order valence-electron chi connectivity index (χ3n) is 2.84. The lowest BCUT2D eigenvalue weighted by Gasteiger charge is -2.13. The maximum Gasteiger partial charge on any atom is 0.0925 e. The van der Waals surface area contributed by atoms with E-state index < -0.39 is 0 Å². The summed E-state index contributed by atoms with van der Waals surface area (Å²) in [4.78, 5) is 5.67. The fourth-order valence-corrected chi connectivity index (χ4v) is 2.97. The highest BCUT2D eigenvalue weighted by Gasteiger charge is 2.06. The Bertz CT molecular complexity index is 510. The number of aryl methyl sites for hydroxylation is 1. The van der Waals surface area contributed by atoms with Crippen LogP contribution in [0.3, 0.4) is 0 Å². The minimum atomic E-state index is 0.342. The van der Waals surface area contributed by atoms with Gasteiger partial charge in [-0.3, -0.25) is 0 Å². The molecule has 0 fully saturated rings. The van der Waals surface area contributed by atoms with E-state index in [1.807, 2.05) is 12.3 Å². The van der Waals surface area contributed by atoms with E-state index in [-0.39, 0.29) is 0 Å². The summed E-state index contributed by atoms with van der Waals surface area (Å²) in [6.45, 7) is 5.20. The zero-order valence-electron chi connectivity index (χ0n) is 10.6. The van der Waals surface area contributed by atoms with Gasteiger partial charge in [0, 0.05) is 28.1 Å². The summed E-state index contributed by atoms with van der Waals surface area (Å²) >= 11 is 5.29. The number of hydrogen-bond acceptors (Lipinski definition) is 3. The van der Waals surface area contributed by atoms with Gasteiger partial charge in [0.05, 0.1) is 5.01 Å².